The van der Waals surface area contributed by atoms with Crippen molar-refractivity contribution in [3.05, 3.63) is 53.9 Å². The summed E-state index contributed by atoms with van der Waals surface area (Å²) in [4.78, 5) is 18.9. The monoisotopic (exact) mass is 339 g/mol. The maximum Gasteiger partial charge on any atom is 0.269 e. The molecule has 1 aromatic heterocycles. The maximum atomic E-state index is 12.4. The normalized spacial score (nSPS) is 14.2. The fourth-order valence-corrected chi connectivity index (χ4v) is 3.10. The second-order valence-corrected chi connectivity index (χ2v) is 6.30. The lowest BCUT2D eigenvalue weighted by molar-refractivity contribution is 0.0949. The minimum atomic E-state index is -0.118. The number of benzene rings is 1. The van der Waals surface area contributed by atoms with Gasteiger partial charge in [0.05, 0.1) is 7.11 Å². The van der Waals surface area contributed by atoms with Crippen LogP contribution in [0.2, 0.25) is 0 Å². The first kappa shape index (κ1) is 17.3. The zero-order valence-corrected chi connectivity index (χ0v) is 14.7. The van der Waals surface area contributed by atoms with E-state index in [1.54, 1.807) is 13.3 Å². The highest BCUT2D eigenvalue weighted by Crippen LogP contribution is 2.19. The van der Waals surface area contributed by atoms with Gasteiger partial charge in [0.25, 0.3) is 5.91 Å². The van der Waals surface area contributed by atoms with Gasteiger partial charge in [0.15, 0.2) is 0 Å². The first-order valence-electron chi connectivity index (χ1n) is 8.88. The number of rotatable bonds is 6. The summed E-state index contributed by atoms with van der Waals surface area (Å²) in [5.74, 6) is 0.721. The van der Waals surface area contributed by atoms with Gasteiger partial charge in [-0.25, -0.2) is 0 Å². The molecule has 3 rings (SSSR count). The summed E-state index contributed by atoms with van der Waals surface area (Å²) in [6.45, 7) is 2.70. The van der Waals surface area contributed by atoms with E-state index in [9.17, 15) is 4.79 Å². The number of pyridine rings is 1. The van der Waals surface area contributed by atoms with Crippen LogP contribution in [0.25, 0.3) is 0 Å². The second-order valence-electron chi connectivity index (χ2n) is 6.30. The molecule has 1 fully saturated rings. The Morgan fingerprint density at radius 2 is 1.92 bits per heavy atom. The van der Waals surface area contributed by atoms with Gasteiger partial charge in [-0.3, -0.25) is 9.78 Å². The largest absolute Gasteiger partial charge is 0.497 e. The third-order valence-corrected chi connectivity index (χ3v) is 4.56. The van der Waals surface area contributed by atoms with Crippen molar-refractivity contribution in [1.29, 1.82) is 0 Å². The minimum Gasteiger partial charge on any atom is -0.497 e. The van der Waals surface area contributed by atoms with Crippen LogP contribution in [0.5, 0.6) is 5.75 Å². The maximum absolute atomic E-state index is 12.4. The van der Waals surface area contributed by atoms with Gasteiger partial charge in [-0.2, -0.15) is 0 Å². The number of aromatic nitrogens is 1. The number of carbonyl (C=O) groups excluding carboxylic acids is 1. The summed E-state index contributed by atoms with van der Waals surface area (Å²) < 4.78 is 5.15. The summed E-state index contributed by atoms with van der Waals surface area (Å²) in [6.07, 6.45) is 6.22. The van der Waals surface area contributed by atoms with E-state index in [4.69, 9.17) is 4.74 Å². The number of anilines is 1. The minimum absolute atomic E-state index is 0.118. The summed E-state index contributed by atoms with van der Waals surface area (Å²) >= 11 is 0. The third kappa shape index (κ3) is 4.72. The lowest BCUT2D eigenvalue weighted by Crippen LogP contribution is -2.30. The molecule has 0 saturated carbocycles. The average molecular weight is 339 g/mol. The fourth-order valence-electron chi connectivity index (χ4n) is 3.10. The molecule has 1 saturated heterocycles. The molecule has 1 aliphatic rings. The molecule has 132 valence electrons. The number of nitrogens with zero attached hydrogens (tertiary/aromatic N) is 2. The van der Waals surface area contributed by atoms with Gasteiger partial charge >= 0.3 is 0 Å². The zero-order valence-electron chi connectivity index (χ0n) is 14.7. The molecule has 0 bridgehead atoms. The van der Waals surface area contributed by atoms with Crippen LogP contribution >= 0.6 is 0 Å². The molecule has 0 aliphatic carbocycles. The Balaban J connectivity index is 1.53. The van der Waals surface area contributed by atoms with Crippen molar-refractivity contribution < 1.29 is 9.53 Å². The van der Waals surface area contributed by atoms with Crippen molar-refractivity contribution in [1.82, 2.24) is 10.3 Å². The van der Waals surface area contributed by atoms with E-state index in [2.05, 4.69) is 15.2 Å². The Hall–Kier alpha value is -2.56. The van der Waals surface area contributed by atoms with Crippen LogP contribution in [-0.4, -0.2) is 37.6 Å². The molecule has 5 heteroatoms. The molecule has 0 unspecified atom stereocenters. The van der Waals surface area contributed by atoms with Gasteiger partial charge in [0.2, 0.25) is 0 Å². The number of hydrogen-bond acceptors (Lipinski definition) is 4. The summed E-state index contributed by atoms with van der Waals surface area (Å²) in [6, 6.07) is 11.8. The van der Waals surface area contributed by atoms with Crippen LogP contribution in [0.3, 0.4) is 0 Å². The van der Waals surface area contributed by atoms with E-state index in [1.165, 1.54) is 19.3 Å². The number of methoxy groups -OCH3 is 1. The second kappa shape index (κ2) is 8.51. The highest BCUT2D eigenvalue weighted by molar-refractivity contribution is 5.93. The Morgan fingerprint density at radius 3 is 2.64 bits per heavy atom. The van der Waals surface area contributed by atoms with Crippen molar-refractivity contribution in [3.8, 4) is 5.75 Å². The van der Waals surface area contributed by atoms with E-state index in [0.717, 1.165) is 36.5 Å². The van der Waals surface area contributed by atoms with E-state index in [-0.39, 0.29) is 5.91 Å². The van der Waals surface area contributed by atoms with Crippen LogP contribution in [0, 0.1) is 0 Å². The van der Waals surface area contributed by atoms with Gasteiger partial charge in [-0.1, -0.05) is 12.1 Å². The number of carbonyl (C=O) groups is 1. The summed E-state index contributed by atoms with van der Waals surface area (Å²) in [7, 11) is 1.65. The van der Waals surface area contributed by atoms with E-state index >= 15 is 0 Å². The molecule has 1 aliphatic heterocycles. The molecule has 2 aromatic rings. The average Bonchev–Trinajstić information content (AvgIpc) is 2.69. The van der Waals surface area contributed by atoms with E-state index in [0.29, 0.717) is 12.2 Å². The first-order chi connectivity index (χ1) is 12.3. The first-order valence-corrected chi connectivity index (χ1v) is 8.88. The topological polar surface area (TPSA) is 54.5 Å². The highest BCUT2D eigenvalue weighted by Gasteiger charge is 2.13. The third-order valence-electron chi connectivity index (χ3n) is 4.56. The van der Waals surface area contributed by atoms with Crippen LogP contribution in [0.4, 0.5) is 5.69 Å². The van der Waals surface area contributed by atoms with Crippen molar-refractivity contribution in [2.24, 2.45) is 0 Å². The van der Waals surface area contributed by atoms with Crippen molar-refractivity contribution >= 4 is 11.6 Å². The zero-order chi connectivity index (χ0) is 17.5. The van der Waals surface area contributed by atoms with Crippen molar-refractivity contribution in [2.45, 2.75) is 25.7 Å². The lowest BCUT2D eigenvalue weighted by Gasteiger charge is -2.28. The quantitative estimate of drug-likeness (QED) is 0.879. The van der Waals surface area contributed by atoms with Crippen molar-refractivity contribution in [3.63, 3.8) is 0 Å². The van der Waals surface area contributed by atoms with Gasteiger partial charge in [-0.05, 0) is 55.5 Å². The molecule has 0 atom stereocenters. The van der Waals surface area contributed by atoms with Crippen molar-refractivity contribution in [2.75, 3.05) is 31.6 Å². The fraction of sp³-hybridized carbons (Fsp3) is 0.400. The Morgan fingerprint density at radius 1 is 1.16 bits per heavy atom. The predicted molar refractivity (Wildman–Crippen MR) is 99.3 cm³/mol. The standard InChI is InChI=1S/C20H25N3O2/c1-25-18-7-5-16(6-8-18)9-11-22-20(24)19-15-17(10-12-21-19)23-13-3-2-4-14-23/h5-8,10,12,15H,2-4,9,11,13-14H2,1H3,(H,22,24). The molecule has 25 heavy (non-hydrogen) atoms. The SMILES string of the molecule is COc1ccc(CCNC(=O)c2cc(N3CCCCC3)ccn2)cc1. The Kier molecular flexibility index (Phi) is 5.88. The van der Waals surface area contributed by atoms with Crippen LogP contribution in [-0.2, 0) is 6.42 Å². The molecular formula is C20H25N3O2. The Labute approximate surface area is 149 Å². The van der Waals surface area contributed by atoms with Crippen LogP contribution in [0.1, 0.15) is 35.3 Å². The number of piperidine rings is 1. The molecule has 1 aromatic carbocycles. The van der Waals surface area contributed by atoms with Gasteiger partial charge in [-0.15, -0.1) is 0 Å². The molecular weight excluding hydrogens is 314 g/mol. The Bertz CT molecular complexity index is 694. The predicted octanol–water partition coefficient (Wildman–Crippen LogP) is 3.05. The summed E-state index contributed by atoms with van der Waals surface area (Å²) in [5, 5.41) is 2.95. The lowest BCUT2D eigenvalue weighted by atomic mass is 10.1. The number of ether oxygens (including phenoxy) is 1. The number of amides is 1. The smallest absolute Gasteiger partial charge is 0.269 e. The van der Waals surface area contributed by atoms with Crippen LogP contribution < -0.4 is 15.0 Å². The molecule has 5 nitrogen and oxygen atoms in total. The molecule has 0 spiro atoms. The molecule has 1 N–H and O–H groups in total. The van der Waals surface area contributed by atoms with E-state index < -0.39 is 0 Å². The summed E-state index contributed by atoms with van der Waals surface area (Å²) in [5.41, 5.74) is 2.74. The van der Waals surface area contributed by atoms with Gasteiger partial charge < -0.3 is 15.0 Å². The van der Waals surface area contributed by atoms with E-state index in [1.807, 2.05) is 36.4 Å². The van der Waals surface area contributed by atoms with Crippen LogP contribution in [0.15, 0.2) is 42.6 Å². The molecule has 0 radical (unpaired) electrons. The number of hydrogen-bond donors (Lipinski definition) is 1. The van der Waals surface area contributed by atoms with Gasteiger partial charge in [0, 0.05) is 31.5 Å². The highest BCUT2D eigenvalue weighted by atomic mass is 16.5. The molecule has 1 amide bonds. The number of nitrogens with one attached hydrogen (secondary N) is 1. The molecule has 2 heterocycles. The van der Waals surface area contributed by atoms with Gasteiger partial charge in [0.1, 0.15) is 11.4 Å².